The Balaban J connectivity index is 1.94. The Labute approximate surface area is 516 Å². The fraction of sp³-hybridized carbons (Fsp3) is 0.741. The monoisotopic (exact) mass is 1300 g/mol. The molecule has 2 saturated heterocycles. The van der Waals surface area contributed by atoms with Crippen LogP contribution in [0.3, 0.4) is 0 Å². The van der Waals surface area contributed by atoms with Crippen LogP contribution in [0.1, 0.15) is 154 Å². The van der Waals surface area contributed by atoms with Crippen molar-refractivity contribution < 1.29 is 105 Å². The van der Waals surface area contributed by atoms with Crippen molar-refractivity contribution in [2.24, 2.45) is 0 Å². The van der Waals surface area contributed by atoms with Crippen LogP contribution in [0.5, 0.6) is 0 Å². The predicted octanol–water partition coefficient (Wildman–Crippen LogP) is 5.84. The third-order valence-corrected chi connectivity index (χ3v) is 13.0. The third-order valence-electron chi connectivity index (χ3n) is 12.3. The molecule has 1 aliphatic carbocycles. The number of nitrogens with one attached hydrogen (secondary N) is 6. The molecule has 6 amide bonds. The Hall–Kier alpha value is -6.27. The van der Waals surface area contributed by atoms with E-state index < -0.39 is 174 Å². The van der Waals surface area contributed by atoms with Gasteiger partial charge in [0.1, 0.15) is 58.5 Å². The van der Waals surface area contributed by atoms with Gasteiger partial charge in [-0.1, -0.05) is 34.1 Å². The first kappa shape index (κ1) is 73.2. The maximum absolute atomic E-state index is 14.7. The third kappa shape index (κ3) is 25.8. The zero-order valence-corrected chi connectivity index (χ0v) is 54.4. The number of benzene rings is 1. The molecule has 1 aromatic rings. The molecule has 7 N–H and O–H groups in total. The van der Waals surface area contributed by atoms with Crippen LogP contribution < -0.4 is 31.9 Å². The first-order valence-electron chi connectivity index (χ1n) is 28.8. The second-order valence-corrected chi connectivity index (χ2v) is 26.8. The lowest BCUT2D eigenvalue weighted by atomic mass is 9.83. The highest BCUT2D eigenvalue weighted by Crippen LogP contribution is 2.36. The molecule has 492 valence electrons. The fourth-order valence-corrected chi connectivity index (χ4v) is 9.70. The zero-order chi connectivity index (χ0) is 65.6. The molecule has 29 heteroatoms. The Morgan fingerprint density at radius 2 is 1.05 bits per heavy atom. The summed E-state index contributed by atoms with van der Waals surface area (Å²) in [5.74, 6) is -3.70. The summed E-state index contributed by atoms with van der Waals surface area (Å²) in [7, 11) is 0. The molecule has 14 atom stereocenters. The summed E-state index contributed by atoms with van der Waals surface area (Å²) in [5.41, 5.74) is -4.77. The van der Waals surface area contributed by atoms with E-state index in [1.54, 1.807) is 122 Å². The number of carbonyl (C=O) groups excluding carboxylic acids is 9. The van der Waals surface area contributed by atoms with Crippen LogP contribution in [0.15, 0.2) is 30.3 Å². The number of amides is 6. The largest absolute Gasteiger partial charge is 0.455 e. The number of hydrogen-bond donors (Lipinski definition) is 7. The normalized spacial score (nSPS) is 26.4. The number of aliphatic hydroxyl groups excluding tert-OH is 1. The lowest BCUT2D eigenvalue weighted by Crippen LogP contribution is -2.71. The average molecular weight is 1300 g/mol. The van der Waals surface area contributed by atoms with Crippen LogP contribution >= 0.6 is 15.9 Å². The number of alkyl halides is 1. The summed E-state index contributed by atoms with van der Waals surface area (Å²) >= 11 is 3.43. The summed E-state index contributed by atoms with van der Waals surface area (Å²) in [5, 5.41) is 29.2. The average Bonchev–Trinajstić information content (AvgIpc) is 0.929. The maximum atomic E-state index is 14.7. The van der Waals surface area contributed by atoms with Gasteiger partial charge in [-0.05, 0) is 135 Å². The van der Waals surface area contributed by atoms with Gasteiger partial charge >= 0.3 is 48.4 Å². The summed E-state index contributed by atoms with van der Waals surface area (Å²) in [4.78, 5) is 121. The minimum Gasteiger partial charge on any atom is -0.455 e. The van der Waals surface area contributed by atoms with Gasteiger partial charge in [0.2, 0.25) is 0 Å². The maximum Gasteiger partial charge on any atom is 0.408 e. The molecule has 0 aromatic heterocycles. The van der Waals surface area contributed by atoms with Crippen molar-refractivity contribution in [1.29, 1.82) is 0 Å². The fourth-order valence-electron chi connectivity index (χ4n) is 9.18. The molecule has 0 spiro atoms. The van der Waals surface area contributed by atoms with Crippen LogP contribution in [0.25, 0.3) is 0 Å². The van der Waals surface area contributed by atoms with E-state index in [0.29, 0.717) is 0 Å². The SMILES string of the molecule is CC(=O)OC1[C@H](O[C@H]2C(O)C(O[C@@H]3OC(CNC(=O)OC(C)(C)C)CCC3NC(=O)OC(C)(C)C)[C@@H](NC(=O)OC(C)(C)C)C[C@H]2NC(=O)[C@H](CCNC(=O)OC(C)(C)C)OC(C)=O)OC(CBr)[C@H](OC(=O)c2ccccc2)[C@@H]1NC(=O)OC(C)(C)C. The van der Waals surface area contributed by atoms with Crippen molar-refractivity contribution in [3.05, 3.63) is 35.9 Å². The minimum absolute atomic E-state index is 0.109. The van der Waals surface area contributed by atoms with E-state index in [0.717, 1.165) is 13.8 Å². The van der Waals surface area contributed by atoms with Crippen LogP contribution in [0.2, 0.25) is 0 Å². The number of esters is 3. The van der Waals surface area contributed by atoms with Crippen molar-refractivity contribution in [3.63, 3.8) is 0 Å². The Morgan fingerprint density at radius 1 is 0.563 bits per heavy atom. The highest BCUT2D eigenvalue weighted by molar-refractivity contribution is 9.09. The number of rotatable bonds is 19. The lowest BCUT2D eigenvalue weighted by molar-refractivity contribution is -0.312. The number of ether oxygens (including phenoxy) is 12. The summed E-state index contributed by atoms with van der Waals surface area (Å²) < 4.78 is 71.7. The molecule has 4 rings (SSSR count). The first-order chi connectivity index (χ1) is 40.1. The van der Waals surface area contributed by atoms with E-state index >= 15 is 0 Å². The van der Waals surface area contributed by atoms with Gasteiger partial charge in [0.05, 0.1) is 29.8 Å². The number of alkyl carbamates (subject to hydrolysis) is 5. The summed E-state index contributed by atoms with van der Waals surface area (Å²) in [6.07, 6.45) is -20.9. The van der Waals surface area contributed by atoms with Crippen LogP contribution in [0, 0.1) is 0 Å². The predicted molar refractivity (Wildman–Crippen MR) is 312 cm³/mol. The molecular weight excluding hydrogens is 1210 g/mol. The van der Waals surface area contributed by atoms with Crippen molar-refractivity contribution in [1.82, 2.24) is 31.9 Å². The quantitative estimate of drug-likeness (QED) is 0.0486. The van der Waals surface area contributed by atoms with Gasteiger partial charge in [0.15, 0.2) is 30.9 Å². The second-order valence-electron chi connectivity index (χ2n) is 26.1. The van der Waals surface area contributed by atoms with Gasteiger partial charge < -0.3 is 93.8 Å². The van der Waals surface area contributed by atoms with E-state index in [-0.39, 0.29) is 43.2 Å². The van der Waals surface area contributed by atoms with Gasteiger partial charge in [-0.3, -0.25) is 14.4 Å². The molecule has 28 nitrogen and oxygen atoms in total. The van der Waals surface area contributed by atoms with E-state index in [1.807, 2.05) is 0 Å². The van der Waals surface area contributed by atoms with Crippen molar-refractivity contribution in [2.75, 3.05) is 18.4 Å². The van der Waals surface area contributed by atoms with Crippen molar-refractivity contribution in [3.8, 4) is 0 Å². The van der Waals surface area contributed by atoms with Gasteiger partial charge in [-0.15, -0.1) is 0 Å². The molecule has 87 heavy (non-hydrogen) atoms. The van der Waals surface area contributed by atoms with Crippen molar-refractivity contribution >= 4 is 70.2 Å². The topological polar surface area (TPSA) is 357 Å². The smallest absolute Gasteiger partial charge is 0.408 e. The zero-order valence-electron chi connectivity index (χ0n) is 52.8. The number of aliphatic hydroxyl groups is 1. The van der Waals surface area contributed by atoms with E-state index in [9.17, 15) is 48.3 Å². The first-order valence-corrected chi connectivity index (χ1v) is 29.9. The summed E-state index contributed by atoms with van der Waals surface area (Å²) in [6.45, 7) is 26.3. The minimum atomic E-state index is -2.06. The van der Waals surface area contributed by atoms with E-state index in [2.05, 4.69) is 47.8 Å². The number of hydrogen-bond acceptors (Lipinski definition) is 22. The number of carbonyl (C=O) groups is 9. The molecule has 1 saturated carbocycles. The molecule has 0 radical (unpaired) electrons. The van der Waals surface area contributed by atoms with Gasteiger partial charge in [0.25, 0.3) is 5.91 Å². The van der Waals surface area contributed by atoms with Crippen molar-refractivity contribution in [2.45, 2.75) is 257 Å². The molecule has 3 aliphatic rings. The Bertz CT molecular complexity index is 2510. The van der Waals surface area contributed by atoms with Gasteiger partial charge in [-0.2, -0.15) is 0 Å². The lowest BCUT2D eigenvalue weighted by Gasteiger charge is -2.50. The molecule has 2 aliphatic heterocycles. The molecule has 6 unspecified atom stereocenters. The van der Waals surface area contributed by atoms with Crippen LogP contribution in [-0.2, 0) is 71.2 Å². The summed E-state index contributed by atoms with van der Waals surface area (Å²) in [6, 6.07) is 2.34. The molecule has 3 fully saturated rings. The van der Waals surface area contributed by atoms with Gasteiger partial charge in [-0.25, -0.2) is 28.8 Å². The van der Waals surface area contributed by atoms with Crippen LogP contribution in [-0.4, -0.2) is 191 Å². The Morgan fingerprint density at radius 3 is 1.55 bits per heavy atom. The standard InChI is InChI=1S/C58H91BrN6O22/c1-30(66)76-37(25-26-60-49(71)83-54(3,4)5)45(69)62-35-27-36(64-52(74)86-57(12,13)14)42(81-47-34(63-51(73)85-56(9,10)11)24-23-33(78-47)29-61-50(72)84-55(6,7)8)40(68)41(35)82-48-44(77-31(2)67)39(65-53(75)87-58(15,16)17)43(38(28-59)79-48)80-46(70)32-21-19-18-20-22-32/h18-22,33-44,47-48,68H,23-29H2,1-17H3,(H,60,71)(H,61,72)(H,62,69)(H,63,73)(H,64,74)(H,65,75)/t33?,34?,35-,36+,37+,38?,39+,40?,41-,42?,43+,44?,47+,48+/m1/s1. The van der Waals surface area contributed by atoms with E-state index in [1.165, 1.54) is 12.1 Å². The van der Waals surface area contributed by atoms with Gasteiger partial charge in [0, 0.05) is 38.7 Å². The highest BCUT2D eigenvalue weighted by atomic mass is 79.9. The van der Waals surface area contributed by atoms with E-state index in [4.69, 9.17) is 56.8 Å². The second kappa shape index (κ2) is 31.3. The molecule has 0 bridgehead atoms. The Kier molecular flexibility index (Phi) is 26.3. The number of halogens is 1. The highest BCUT2D eigenvalue weighted by Gasteiger charge is 2.56. The van der Waals surface area contributed by atoms with Crippen LogP contribution in [0.4, 0.5) is 24.0 Å². The molecular formula is C58H91BrN6O22. The molecule has 1 aromatic carbocycles. The molecule has 2 heterocycles.